The number of benzene rings is 1. The molecule has 0 aliphatic rings. The van der Waals surface area contributed by atoms with Crippen LogP contribution >= 0.6 is 35.6 Å². The van der Waals surface area contributed by atoms with Crippen molar-refractivity contribution >= 4 is 41.5 Å². The molecular weight excluding hydrogens is 342 g/mol. The summed E-state index contributed by atoms with van der Waals surface area (Å²) < 4.78 is 18.3. The minimum absolute atomic E-state index is 0. The maximum absolute atomic E-state index is 13.4. The molecule has 0 saturated heterocycles. The first kappa shape index (κ1) is 20.4. The van der Waals surface area contributed by atoms with Crippen molar-refractivity contribution in [3.63, 3.8) is 0 Å². The Kier molecular flexibility index (Phi) is 9.90. The molecule has 21 heavy (non-hydrogen) atoms. The first-order valence-electron chi connectivity index (χ1n) is 6.09. The molecule has 0 spiro atoms. The van der Waals surface area contributed by atoms with Crippen molar-refractivity contribution in [3.05, 3.63) is 33.6 Å². The molecule has 4 nitrogen and oxygen atoms in total. The average Bonchev–Trinajstić information content (AvgIpc) is 2.39. The summed E-state index contributed by atoms with van der Waals surface area (Å²) in [5, 5.41) is 5.86. The number of methoxy groups -OCH3 is 1. The third-order valence-corrected chi connectivity index (χ3v) is 3.37. The predicted octanol–water partition coefficient (Wildman–Crippen LogP) is 2.97. The Hall–Kier alpha value is -0.590. The Bertz CT molecular complexity index is 475. The molecule has 0 aliphatic heterocycles. The molecule has 0 saturated carbocycles. The number of ether oxygens (including phenoxy) is 1. The van der Waals surface area contributed by atoms with E-state index in [0.29, 0.717) is 23.7 Å². The van der Waals surface area contributed by atoms with E-state index in [1.165, 1.54) is 12.1 Å². The molecule has 120 valence electrons. The van der Waals surface area contributed by atoms with E-state index in [2.05, 4.69) is 10.6 Å². The van der Waals surface area contributed by atoms with Gasteiger partial charge in [-0.2, -0.15) is 0 Å². The molecule has 1 aromatic carbocycles. The van der Waals surface area contributed by atoms with E-state index in [1.807, 2.05) is 0 Å². The van der Waals surface area contributed by atoms with Gasteiger partial charge in [-0.1, -0.05) is 23.2 Å². The lowest BCUT2D eigenvalue weighted by molar-refractivity contribution is -0.120. The third-order valence-electron chi connectivity index (χ3n) is 2.66. The van der Waals surface area contributed by atoms with E-state index in [0.717, 1.165) is 0 Å². The highest BCUT2D eigenvalue weighted by molar-refractivity contribution is 6.36. The summed E-state index contributed by atoms with van der Waals surface area (Å²) in [6, 6.07) is 2.12. The molecule has 1 atom stereocenters. The zero-order chi connectivity index (χ0) is 15.1. The zero-order valence-corrected chi connectivity index (χ0v) is 14.0. The van der Waals surface area contributed by atoms with Crippen molar-refractivity contribution in [1.82, 2.24) is 10.6 Å². The smallest absolute Gasteiger partial charge is 0.234 e. The fraction of sp³-hybridized carbons (Fsp3) is 0.462. The van der Waals surface area contributed by atoms with Gasteiger partial charge in [0, 0.05) is 24.2 Å². The van der Waals surface area contributed by atoms with Crippen LogP contribution < -0.4 is 10.6 Å². The lowest BCUT2D eigenvalue weighted by Crippen LogP contribution is -2.36. The molecule has 0 bridgehead atoms. The number of carbonyl (C=O) groups excluding carboxylic acids is 1. The van der Waals surface area contributed by atoms with Crippen LogP contribution in [-0.2, 0) is 9.53 Å². The van der Waals surface area contributed by atoms with Crippen LogP contribution in [0.5, 0.6) is 0 Å². The Morgan fingerprint density at radius 3 is 2.71 bits per heavy atom. The first-order valence-corrected chi connectivity index (χ1v) is 6.85. The molecule has 0 heterocycles. The topological polar surface area (TPSA) is 50.4 Å². The molecule has 0 fully saturated rings. The Balaban J connectivity index is 0.00000400. The normalized spacial score (nSPS) is 11.7. The van der Waals surface area contributed by atoms with Gasteiger partial charge in [-0.25, -0.2) is 4.39 Å². The van der Waals surface area contributed by atoms with E-state index >= 15 is 0 Å². The lowest BCUT2D eigenvalue weighted by atomic mass is 10.1. The molecular formula is C13H18Cl3FN2O2. The van der Waals surface area contributed by atoms with Gasteiger partial charge >= 0.3 is 0 Å². The highest BCUT2D eigenvalue weighted by Crippen LogP contribution is 2.32. The number of rotatable bonds is 7. The average molecular weight is 360 g/mol. The van der Waals surface area contributed by atoms with E-state index in [4.69, 9.17) is 27.9 Å². The molecule has 0 radical (unpaired) electrons. The standard InChI is InChI=1S/C13H17Cl2FN2O2.ClH/c1-8(18-11(19)7-17-5-6-20-2)12-9(14)3-4-10(16)13(12)15;/h3-4,8,17H,5-7H2,1-2H3,(H,18,19);1H. The van der Waals surface area contributed by atoms with Gasteiger partial charge in [0.15, 0.2) is 0 Å². The van der Waals surface area contributed by atoms with E-state index in [-0.39, 0.29) is 29.9 Å². The summed E-state index contributed by atoms with van der Waals surface area (Å²) in [5.41, 5.74) is 0.374. The van der Waals surface area contributed by atoms with Crippen molar-refractivity contribution in [2.45, 2.75) is 13.0 Å². The first-order chi connectivity index (χ1) is 9.47. The molecule has 2 N–H and O–H groups in total. The van der Waals surface area contributed by atoms with Crippen LogP contribution in [0.25, 0.3) is 0 Å². The molecule has 0 aromatic heterocycles. The fourth-order valence-corrected chi connectivity index (χ4v) is 2.38. The summed E-state index contributed by atoms with van der Waals surface area (Å²) in [5.74, 6) is -0.796. The van der Waals surface area contributed by atoms with Gasteiger partial charge < -0.3 is 15.4 Å². The molecule has 1 aromatic rings. The SMILES string of the molecule is COCCNCC(=O)NC(C)c1c(Cl)ccc(F)c1Cl.Cl. The fourth-order valence-electron chi connectivity index (χ4n) is 1.68. The van der Waals surface area contributed by atoms with Gasteiger partial charge in [0.05, 0.1) is 24.2 Å². The van der Waals surface area contributed by atoms with Gasteiger partial charge in [0.2, 0.25) is 5.91 Å². The van der Waals surface area contributed by atoms with Crippen LogP contribution in [0.15, 0.2) is 12.1 Å². The van der Waals surface area contributed by atoms with E-state index < -0.39 is 11.9 Å². The third kappa shape index (κ3) is 6.36. The summed E-state index contributed by atoms with van der Waals surface area (Å²) in [6.45, 7) is 2.92. The largest absolute Gasteiger partial charge is 0.383 e. The number of hydrogen-bond donors (Lipinski definition) is 2. The molecule has 8 heteroatoms. The van der Waals surface area contributed by atoms with Crippen molar-refractivity contribution in [3.8, 4) is 0 Å². The van der Waals surface area contributed by atoms with Crippen molar-refractivity contribution in [2.24, 2.45) is 0 Å². The molecule has 1 amide bonds. The van der Waals surface area contributed by atoms with E-state index in [9.17, 15) is 9.18 Å². The maximum Gasteiger partial charge on any atom is 0.234 e. The summed E-state index contributed by atoms with van der Waals surface area (Å²) in [6.07, 6.45) is 0. The summed E-state index contributed by atoms with van der Waals surface area (Å²) in [7, 11) is 1.58. The summed E-state index contributed by atoms with van der Waals surface area (Å²) >= 11 is 11.9. The highest BCUT2D eigenvalue weighted by Gasteiger charge is 2.18. The van der Waals surface area contributed by atoms with Crippen LogP contribution in [0.2, 0.25) is 10.0 Å². The second kappa shape index (κ2) is 10.2. The quantitative estimate of drug-likeness (QED) is 0.581. The molecule has 0 aliphatic carbocycles. The minimum atomic E-state index is -0.564. The van der Waals surface area contributed by atoms with Gasteiger partial charge in [0.1, 0.15) is 5.82 Å². The number of halogens is 4. The van der Waals surface area contributed by atoms with E-state index in [1.54, 1.807) is 14.0 Å². The number of amides is 1. The minimum Gasteiger partial charge on any atom is -0.383 e. The Labute approximate surface area is 139 Å². The van der Waals surface area contributed by atoms with Gasteiger partial charge in [0.25, 0.3) is 0 Å². The predicted molar refractivity (Wildman–Crippen MR) is 85.0 cm³/mol. The number of hydrogen-bond acceptors (Lipinski definition) is 3. The van der Waals surface area contributed by atoms with Crippen LogP contribution in [-0.4, -0.2) is 32.7 Å². The van der Waals surface area contributed by atoms with Gasteiger partial charge in [-0.15, -0.1) is 12.4 Å². The van der Waals surface area contributed by atoms with Crippen molar-refractivity contribution in [1.29, 1.82) is 0 Å². The van der Waals surface area contributed by atoms with Gasteiger partial charge in [-0.3, -0.25) is 4.79 Å². The van der Waals surface area contributed by atoms with Crippen LogP contribution in [0.1, 0.15) is 18.5 Å². The second-order valence-corrected chi connectivity index (χ2v) is 5.00. The lowest BCUT2D eigenvalue weighted by Gasteiger charge is -2.17. The number of nitrogens with one attached hydrogen (secondary N) is 2. The summed E-state index contributed by atoms with van der Waals surface area (Å²) in [4.78, 5) is 11.7. The van der Waals surface area contributed by atoms with Gasteiger partial charge in [-0.05, 0) is 19.1 Å². The van der Waals surface area contributed by atoms with Crippen LogP contribution in [0.4, 0.5) is 4.39 Å². The van der Waals surface area contributed by atoms with Crippen molar-refractivity contribution in [2.75, 3.05) is 26.8 Å². The van der Waals surface area contributed by atoms with Crippen molar-refractivity contribution < 1.29 is 13.9 Å². The zero-order valence-electron chi connectivity index (χ0n) is 11.7. The Morgan fingerprint density at radius 1 is 1.43 bits per heavy atom. The highest BCUT2D eigenvalue weighted by atomic mass is 35.5. The van der Waals surface area contributed by atoms with Crippen LogP contribution in [0, 0.1) is 5.82 Å². The molecule has 1 rings (SSSR count). The Morgan fingerprint density at radius 2 is 2.10 bits per heavy atom. The van der Waals surface area contributed by atoms with Crippen LogP contribution in [0.3, 0.4) is 0 Å². The second-order valence-electron chi connectivity index (χ2n) is 4.22. The monoisotopic (exact) mass is 358 g/mol. The molecule has 1 unspecified atom stereocenters. The maximum atomic E-state index is 13.4. The number of carbonyl (C=O) groups is 1.